The summed E-state index contributed by atoms with van der Waals surface area (Å²) in [5.74, 6) is -1.66. The molecule has 0 spiro atoms. The quantitative estimate of drug-likeness (QED) is 0.407. The van der Waals surface area contributed by atoms with Crippen molar-refractivity contribution in [2.24, 2.45) is 5.92 Å². The van der Waals surface area contributed by atoms with E-state index in [-0.39, 0.29) is 31.9 Å². The van der Waals surface area contributed by atoms with Gasteiger partial charge in [-0.05, 0) is 36.5 Å². The minimum Gasteiger partial charge on any atom is -0.481 e. The van der Waals surface area contributed by atoms with Crippen LogP contribution < -0.4 is 5.32 Å². The summed E-state index contributed by atoms with van der Waals surface area (Å²) >= 11 is 0. The minimum atomic E-state index is -1.45. The number of amides is 2. The van der Waals surface area contributed by atoms with Crippen LogP contribution in [-0.2, 0) is 31.1 Å². The van der Waals surface area contributed by atoms with Crippen LogP contribution in [-0.4, -0.2) is 68.5 Å². The number of carboxylic acid groups (broad SMARTS) is 1. The number of pyridine rings is 1. The fourth-order valence-electron chi connectivity index (χ4n) is 4.53. The Hall–Kier alpha value is -4.28. The van der Waals surface area contributed by atoms with Crippen LogP contribution >= 0.6 is 0 Å². The summed E-state index contributed by atoms with van der Waals surface area (Å²) in [5.41, 5.74) is 0.422. The maximum Gasteiger partial charge on any atom is 0.410 e. The third kappa shape index (κ3) is 5.35. The number of Topliss-reactive ketones (excluding diaryl/α,β-unsaturated/α-hetero) is 1. The highest BCUT2D eigenvalue weighted by molar-refractivity contribution is 5.87. The topological polar surface area (TPSA) is 143 Å². The van der Waals surface area contributed by atoms with Gasteiger partial charge in [-0.15, -0.1) is 10.2 Å². The van der Waals surface area contributed by atoms with Gasteiger partial charge in [-0.25, -0.2) is 4.79 Å². The van der Waals surface area contributed by atoms with Crippen molar-refractivity contribution in [1.82, 2.24) is 24.8 Å². The maximum absolute atomic E-state index is 12.9. The second-order valence-corrected chi connectivity index (χ2v) is 8.85. The minimum absolute atomic E-state index is 0.0857. The number of likely N-dealkylation sites (tertiary alicyclic amines) is 1. The Morgan fingerprint density at radius 3 is 2.75 bits per heavy atom. The van der Waals surface area contributed by atoms with Crippen LogP contribution in [0, 0.1) is 5.92 Å². The van der Waals surface area contributed by atoms with E-state index in [1.807, 2.05) is 30.3 Å². The van der Waals surface area contributed by atoms with Gasteiger partial charge in [-0.3, -0.25) is 18.8 Å². The molecule has 4 rings (SSSR count). The fourth-order valence-corrected chi connectivity index (χ4v) is 4.53. The van der Waals surface area contributed by atoms with Gasteiger partial charge >= 0.3 is 12.1 Å². The number of aromatic nitrogens is 3. The number of ketones is 1. The van der Waals surface area contributed by atoms with Gasteiger partial charge in [0.2, 0.25) is 6.41 Å². The molecular formula is C25H27N5O6. The van der Waals surface area contributed by atoms with Gasteiger partial charge in [-0.1, -0.05) is 36.4 Å². The number of aliphatic carboxylic acids is 1. The van der Waals surface area contributed by atoms with Crippen molar-refractivity contribution in [2.75, 3.05) is 19.6 Å². The molecule has 188 valence electrons. The number of nitrogens with zero attached hydrogens (tertiary/aromatic N) is 4. The first-order valence-corrected chi connectivity index (χ1v) is 11.6. The molecule has 2 amide bonds. The normalized spacial score (nSPS) is 17.4. The first-order chi connectivity index (χ1) is 17.4. The Morgan fingerprint density at radius 2 is 2.03 bits per heavy atom. The number of hydrogen-bond acceptors (Lipinski definition) is 7. The lowest BCUT2D eigenvalue weighted by molar-refractivity contribution is -0.144. The van der Waals surface area contributed by atoms with Gasteiger partial charge in [0.25, 0.3) is 0 Å². The van der Waals surface area contributed by atoms with E-state index in [1.54, 1.807) is 22.7 Å². The summed E-state index contributed by atoms with van der Waals surface area (Å²) in [5, 5.41) is 20.5. The molecule has 0 bridgehead atoms. The summed E-state index contributed by atoms with van der Waals surface area (Å²) in [4.78, 5) is 50.3. The van der Waals surface area contributed by atoms with Crippen LogP contribution in [0.1, 0.15) is 30.4 Å². The number of rotatable bonds is 10. The summed E-state index contributed by atoms with van der Waals surface area (Å²) in [7, 11) is 0. The predicted octanol–water partition coefficient (Wildman–Crippen LogP) is 1.81. The molecule has 2 unspecified atom stereocenters. The highest BCUT2D eigenvalue weighted by atomic mass is 16.6. The number of fused-ring (bicyclic) bond motifs is 1. The van der Waals surface area contributed by atoms with Gasteiger partial charge < -0.3 is 20.1 Å². The molecule has 0 saturated carbocycles. The van der Waals surface area contributed by atoms with E-state index in [9.17, 15) is 24.3 Å². The molecule has 2 N–H and O–H groups in total. The van der Waals surface area contributed by atoms with Crippen molar-refractivity contribution in [3.63, 3.8) is 0 Å². The maximum atomic E-state index is 12.9. The first kappa shape index (κ1) is 24.8. The lowest BCUT2D eigenvalue weighted by atomic mass is 9.74. The Morgan fingerprint density at radius 1 is 1.22 bits per heavy atom. The van der Waals surface area contributed by atoms with Crippen LogP contribution in [0.25, 0.3) is 5.65 Å². The summed E-state index contributed by atoms with van der Waals surface area (Å²) < 4.78 is 6.94. The average molecular weight is 494 g/mol. The highest BCUT2D eigenvalue weighted by Gasteiger charge is 2.42. The number of carboxylic acids is 1. The fraction of sp³-hybridized carbons (Fsp3) is 0.360. The SMILES string of the molecule is O=CNCC(CCC1CCN(C(=O)OCc2ccccc2)CC1=O)(C(=O)O)c1ccc2nncn2c1. The largest absolute Gasteiger partial charge is 0.481 e. The molecule has 11 nitrogen and oxygen atoms in total. The molecule has 11 heteroatoms. The van der Waals surface area contributed by atoms with Gasteiger partial charge in [0.1, 0.15) is 18.3 Å². The molecule has 1 aliphatic rings. The molecule has 1 fully saturated rings. The summed E-state index contributed by atoms with van der Waals surface area (Å²) in [6.45, 7) is 0.231. The number of ether oxygens (including phenoxy) is 1. The average Bonchev–Trinajstić information content (AvgIpc) is 3.36. The van der Waals surface area contributed by atoms with Crippen LogP contribution in [0.5, 0.6) is 0 Å². The Balaban J connectivity index is 1.41. The van der Waals surface area contributed by atoms with E-state index in [1.165, 1.54) is 11.2 Å². The van der Waals surface area contributed by atoms with Crippen molar-refractivity contribution in [3.05, 3.63) is 66.1 Å². The Labute approximate surface area is 207 Å². The van der Waals surface area contributed by atoms with Crippen molar-refractivity contribution < 1.29 is 29.0 Å². The number of nitrogens with one attached hydrogen (secondary N) is 1. The van der Waals surface area contributed by atoms with E-state index < -0.39 is 23.4 Å². The molecule has 0 aliphatic carbocycles. The molecule has 2 aromatic heterocycles. The number of carbonyl (C=O) groups is 4. The molecular weight excluding hydrogens is 466 g/mol. The smallest absolute Gasteiger partial charge is 0.410 e. The molecule has 1 saturated heterocycles. The number of carbonyl (C=O) groups excluding carboxylic acids is 3. The Bertz CT molecular complexity index is 1250. The number of benzene rings is 1. The summed E-state index contributed by atoms with van der Waals surface area (Å²) in [6, 6.07) is 12.6. The predicted molar refractivity (Wildman–Crippen MR) is 127 cm³/mol. The molecule has 1 aliphatic heterocycles. The summed E-state index contributed by atoms with van der Waals surface area (Å²) in [6.07, 6.45) is 3.81. The third-order valence-corrected chi connectivity index (χ3v) is 6.67. The van der Waals surface area contributed by atoms with Gasteiger partial charge in [0, 0.05) is 25.2 Å². The molecule has 3 heterocycles. The van der Waals surface area contributed by atoms with Gasteiger partial charge in [0.05, 0.1) is 6.54 Å². The zero-order valence-corrected chi connectivity index (χ0v) is 19.6. The van der Waals surface area contributed by atoms with E-state index in [0.717, 1.165) is 5.56 Å². The van der Waals surface area contributed by atoms with Gasteiger partial charge in [0.15, 0.2) is 11.4 Å². The third-order valence-electron chi connectivity index (χ3n) is 6.67. The lowest BCUT2D eigenvalue weighted by Crippen LogP contribution is -2.47. The number of hydrogen-bond donors (Lipinski definition) is 2. The van der Waals surface area contributed by atoms with Crippen molar-refractivity contribution in [3.8, 4) is 0 Å². The van der Waals surface area contributed by atoms with Crippen molar-refractivity contribution in [1.29, 1.82) is 0 Å². The van der Waals surface area contributed by atoms with Crippen LogP contribution in [0.3, 0.4) is 0 Å². The first-order valence-electron chi connectivity index (χ1n) is 11.6. The lowest BCUT2D eigenvalue weighted by Gasteiger charge is -2.34. The van der Waals surface area contributed by atoms with Crippen LogP contribution in [0.2, 0.25) is 0 Å². The van der Waals surface area contributed by atoms with E-state index in [2.05, 4.69) is 15.5 Å². The van der Waals surface area contributed by atoms with E-state index in [0.29, 0.717) is 37.0 Å². The van der Waals surface area contributed by atoms with E-state index in [4.69, 9.17) is 4.74 Å². The zero-order valence-electron chi connectivity index (χ0n) is 19.6. The second-order valence-electron chi connectivity index (χ2n) is 8.85. The second kappa shape index (κ2) is 11.0. The Kier molecular flexibility index (Phi) is 7.57. The monoisotopic (exact) mass is 493 g/mol. The highest BCUT2D eigenvalue weighted by Crippen LogP contribution is 2.33. The van der Waals surface area contributed by atoms with Crippen LogP contribution in [0.4, 0.5) is 4.79 Å². The van der Waals surface area contributed by atoms with E-state index >= 15 is 0 Å². The molecule has 36 heavy (non-hydrogen) atoms. The van der Waals surface area contributed by atoms with Crippen molar-refractivity contribution >= 4 is 29.9 Å². The van der Waals surface area contributed by atoms with Gasteiger partial charge in [-0.2, -0.15) is 0 Å². The molecule has 1 aromatic carbocycles. The molecule has 3 aromatic rings. The van der Waals surface area contributed by atoms with Crippen molar-refractivity contribution in [2.45, 2.75) is 31.3 Å². The van der Waals surface area contributed by atoms with Crippen LogP contribution in [0.15, 0.2) is 55.0 Å². The molecule has 0 radical (unpaired) electrons. The zero-order chi connectivity index (χ0) is 25.5. The number of piperidine rings is 1. The standard InChI is InChI=1S/C25H27N5O6/c31-17-26-15-25(23(33)34,20-6-7-22-28-27-16-30(22)12-20)10-8-19-9-11-29(13-21(19)32)24(35)36-14-18-4-2-1-3-5-18/h1-7,12,16-17,19H,8-11,13-15H2,(H,26,31)(H,33,34). The molecule has 2 atom stereocenters.